The molecule has 0 spiro atoms. The number of alkyl halides is 2. The Morgan fingerprint density at radius 2 is 2.17 bits per heavy atom. The van der Waals surface area contributed by atoms with E-state index in [1.165, 1.54) is 18.3 Å². The van der Waals surface area contributed by atoms with Gasteiger partial charge in [0.15, 0.2) is 9.84 Å². The molecule has 2 aromatic heterocycles. The predicted octanol–water partition coefficient (Wildman–Crippen LogP) is 3.36. The van der Waals surface area contributed by atoms with Crippen molar-refractivity contribution in [3.05, 3.63) is 42.1 Å². The molecule has 12 heteroatoms. The number of ether oxygens (including phenoxy) is 2. The second-order valence-corrected chi connectivity index (χ2v) is 11.7. The van der Waals surface area contributed by atoms with E-state index in [4.69, 9.17) is 9.84 Å². The largest absolute Gasteiger partial charge is 0.435 e. The maximum atomic E-state index is 13.1. The first-order chi connectivity index (χ1) is 17.1. The van der Waals surface area contributed by atoms with Gasteiger partial charge in [0.05, 0.1) is 40.8 Å². The van der Waals surface area contributed by atoms with Crippen molar-refractivity contribution in [1.29, 1.82) is 0 Å². The van der Waals surface area contributed by atoms with Crippen LogP contribution >= 0.6 is 0 Å². The number of nitrogens with one attached hydrogen (secondary N) is 1. The number of carbonyl (C=O) groups excluding carboxylic acids is 1. The number of nitrogens with zero attached hydrogens (tertiary/aromatic N) is 3. The summed E-state index contributed by atoms with van der Waals surface area (Å²) < 4.78 is 61.3. The highest BCUT2D eigenvalue weighted by Gasteiger charge is 2.39. The van der Waals surface area contributed by atoms with E-state index in [1.807, 2.05) is 0 Å². The van der Waals surface area contributed by atoms with Gasteiger partial charge < -0.3 is 14.8 Å². The van der Waals surface area contributed by atoms with Gasteiger partial charge in [-0.25, -0.2) is 8.42 Å². The zero-order valence-electron chi connectivity index (χ0n) is 19.6. The van der Waals surface area contributed by atoms with E-state index < -0.39 is 27.9 Å². The molecule has 1 unspecified atom stereocenters. The van der Waals surface area contributed by atoms with E-state index in [0.29, 0.717) is 41.9 Å². The average Bonchev–Trinajstić information content (AvgIpc) is 3.35. The highest BCUT2D eigenvalue weighted by atomic mass is 32.2. The highest BCUT2D eigenvalue weighted by Crippen LogP contribution is 2.33. The first-order valence-electron chi connectivity index (χ1n) is 11.7. The maximum absolute atomic E-state index is 13.1. The molecule has 2 aliphatic heterocycles. The Morgan fingerprint density at radius 1 is 1.33 bits per heavy atom. The highest BCUT2D eigenvalue weighted by molar-refractivity contribution is 7.91. The number of pyridine rings is 1. The molecule has 9 nitrogen and oxygen atoms in total. The summed E-state index contributed by atoms with van der Waals surface area (Å²) in [5, 5.41) is 7.61. The monoisotopic (exact) mass is 520 g/mol. The van der Waals surface area contributed by atoms with Crippen LogP contribution in [0.25, 0.3) is 22.3 Å². The molecule has 0 radical (unpaired) electrons. The molecule has 2 aliphatic rings. The minimum Gasteiger partial charge on any atom is -0.435 e. The minimum absolute atomic E-state index is 0.00181. The summed E-state index contributed by atoms with van der Waals surface area (Å²) in [4.78, 5) is 17.6. The fourth-order valence-corrected chi connectivity index (χ4v) is 6.90. The van der Waals surface area contributed by atoms with Gasteiger partial charge in [0.25, 0.3) is 5.91 Å². The van der Waals surface area contributed by atoms with Crippen molar-refractivity contribution in [2.45, 2.75) is 44.4 Å². The summed E-state index contributed by atoms with van der Waals surface area (Å²) in [6.45, 7) is -0.137. The molecule has 1 N–H and O–H groups in total. The molecule has 1 aromatic carbocycles. The second-order valence-electron chi connectivity index (χ2n) is 9.52. The number of sulfone groups is 1. The van der Waals surface area contributed by atoms with Crippen LogP contribution in [0.15, 0.2) is 36.5 Å². The molecule has 0 bridgehead atoms. The van der Waals surface area contributed by atoms with E-state index in [1.54, 1.807) is 29.8 Å². The fraction of sp³-hybridized carbons (Fsp3) is 0.458. The van der Waals surface area contributed by atoms with Crippen molar-refractivity contribution >= 4 is 26.8 Å². The lowest BCUT2D eigenvalue weighted by molar-refractivity contribution is -0.0498. The molecule has 2 fully saturated rings. The van der Waals surface area contributed by atoms with Crippen LogP contribution < -0.4 is 10.1 Å². The molecule has 3 aromatic rings. The van der Waals surface area contributed by atoms with Crippen LogP contribution in [-0.2, 0) is 14.6 Å². The second kappa shape index (κ2) is 9.40. The molecule has 0 saturated carbocycles. The van der Waals surface area contributed by atoms with E-state index in [0.717, 1.165) is 12.8 Å². The Labute approximate surface area is 206 Å². The van der Waals surface area contributed by atoms with Crippen LogP contribution in [0.3, 0.4) is 0 Å². The predicted molar refractivity (Wildman–Crippen MR) is 128 cm³/mol. The van der Waals surface area contributed by atoms with Gasteiger partial charge in [-0.2, -0.15) is 13.9 Å². The van der Waals surface area contributed by atoms with E-state index >= 15 is 0 Å². The van der Waals surface area contributed by atoms with Crippen molar-refractivity contribution < 1.29 is 31.5 Å². The number of carbonyl (C=O) groups is 1. The lowest BCUT2D eigenvalue weighted by Gasteiger charge is -2.24. The smallest absolute Gasteiger partial charge is 0.387 e. The Bertz CT molecular complexity index is 1400. The molecule has 192 valence electrons. The minimum atomic E-state index is -3.19. The van der Waals surface area contributed by atoms with Gasteiger partial charge >= 0.3 is 6.61 Å². The number of fused-ring (bicyclic) bond motifs is 1. The topological polar surface area (TPSA) is 112 Å². The zero-order valence-corrected chi connectivity index (χ0v) is 20.4. The summed E-state index contributed by atoms with van der Waals surface area (Å²) in [5.41, 5.74) is 1.53. The quantitative estimate of drug-likeness (QED) is 0.530. The number of hydrogen-bond donors (Lipinski definition) is 1. The lowest BCUT2D eigenvalue weighted by Crippen LogP contribution is -2.46. The molecule has 2 atom stereocenters. The fourth-order valence-electron chi connectivity index (χ4n) is 4.81. The van der Waals surface area contributed by atoms with E-state index in [2.05, 4.69) is 15.0 Å². The van der Waals surface area contributed by atoms with Crippen LogP contribution in [0.5, 0.6) is 5.75 Å². The molecule has 36 heavy (non-hydrogen) atoms. The third-order valence-electron chi connectivity index (χ3n) is 6.54. The molecular formula is C24H26F2N4O5S. The summed E-state index contributed by atoms with van der Waals surface area (Å²) in [6, 6.07) is 7.82. The van der Waals surface area contributed by atoms with Crippen molar-refractivity contribution in [2.75, 3.05) is 24.7 Å². The van der Waals surface area contributed by atoms with Crippen molar-refractivity contribution in [3.63, 3.8) is 0 Å². The normalized spacial score (nSPS) is 23.7. The number of benzene rings is 1. The number of rotatable bonds is 6. The van der Waals surface area contributed by atoms with Gasteiger partial charge in [-0.05, 0) is 44.4 Å². The van der Waals surface area contributed by atoms with Gasteiger partial charge in [-0.3, -0.25) is 14.5 Å². The average molecular weight is 521 g/mol. The van der Waals surface area contributed by atoms with Gasteiger partial charge in [-0.15, -0.1) is 0 Å². The molecule has 5 rings (SSSR count). The lowest BCUT2D eigenvalue weighted by atomic mass is 10.0. The van der Waals surface area contributed by atoms with E-state index in [9.17, 15) is 22.0 Å². The summed E-state index contributed by atoms with van der Waals surface area (Å²) >= 11 is 0. The summed E-state index contributed by atoms with van der Waals surface area (Å²) in [6.07, 6.45) is 3.42. The van der Waals surface area contributed by atoms with Crippen molar-refractivity contribution in [1.82, 2.24) is 20.1 Å². The van der Waals surface area contributed by atoms with Crippen molar-refractivity contribution in [2.24, 2.45) is 0 Å². The standard InChI is InChI=1S/C24H26F2N4O5S/c1-24(7-9-36(32,33)14-24)28-22(31)16-11-19-21(27-12-16)20(29-30(19)17-5-3-8-34-13-17)15-4-2-6-18(10-15)35-23(25)26/h2,4,6,10-12,17,23H,3,5,7-9,13-14H2,1H3,(H,28,31)/t17?,24-/m1/s1. The number of amides is 1. The first kappa shape index (κ1) is 24.6. The van der Waals surface area contributed by atoms with Crippen molar-refractivity contribution in [3.8, 4) is 17.0 Å². The third-order valence-corrected chi connectivity index (χ3v) is 8.45. The van der Waals surface area contributed by atoms with Gasteiger partial charge in [0, 0.05) is 18.4 Å². The van der Waals surface area contributed by atoms with Gasteiger partial charge in [0.2, 0.25) is 0 Å². The van der Waals surface area contributed by atoms with Crippen LogP contribution in [-0.4, -0.2) is 66.0 Å². The zero-order chi connectivity index (χ0) is 25.5. The van der Waals surface area contributed by atoms with Crippen LogP contribution in [0.2, 0.25) is 0 Å². The Balaban J connectivity index is 1.54. The SMILES string of the molecule is C[C@@]1(NC(=O)c2cnc3c(-c4cccc(OC(F)F)c4)nn(C4CCCOC4)c3c2)CCS(=O)(=O)C1. The Morgan fingerprint density at radius 3 is 2.86 bits per heavy atom. The molecule has 1 amide bonds. The molecule has 2 saturated heterocycles. The Hall–Kier alpha value is -3.12. The van der Waals surface area contributed by atoms with Crippen LogP contribution in [0.4, 0.5) is 8.78 Å². The summed E-state index contributed by atoms with van der Waals surface area (Å²) in [5.74, 6) is -0.500. The van der Waals surface area contributed by atoms with E-state index in [-0.39, 0.29) is 28.9 Å². The molecule has 0 aliphatic carbocycles. The van der Waals surface area contributed by atoms with Gasteiger partial charge in [-0.1, -0.05) is 12.1 Å². The summed E-state index contributed by atoms with van der Waals surface area (Å²) in [7, 11) is -3.19. The molecular weight excluding hydrogens is 494 g/mol. The number of halogens is 2. The maximum Gasteiger partial charge on any atom is 0.387 e. The van der Waals surface area contributed by atoms with Gasteiger partial charge in [0.1, 0.15) is 17.0 Å². The number of aromatic nitrogens is 3. The van der Waals surface area contributed by atoms with Crippen LogP contribution in [0, 0.1) is 0 Å². The first-order valence-corrected chi connectivity index (χ1v) is 13.5. The Kier molecular flexibility index (Phi) is 6.41. The third kappa shape index (κ3) is 5.05. The molecule has 4 heterocycles. The number of hydrogen-bond acceptors (Lipinski definition) is 7. The van der Waals surface area contributed by atoms with Crippen LogP contribution in [0.1, 0.15) is 42.6 Å².